The Balaban J connectivity index is 1.83. The fourth-order valence-electron chi connectivity index (χ4n) is 3.12. The fourth-order valence-corrected chi connectivity index (χ4v) is 3.71. The molecule has 0 radical (unpaired) electrons. The number of nitrogens with zero attached hydrogens (tertiary/aromatic N) is 5. The van der Waals surface area contributed by atoms with Gasteiger partial charge in [0.1, 0.15) is 0 Å². The lowest BCUT2D eigenvalue weighted by Crippen LogP contribution is -2.13. The Morgan fingerprint density at radius 3 is 2.63 bits per heavy atom. The van der Waals surface area contributed by atoms with Crippen LogP contribution >= 0.6 is 11.3 Å². The minimum Gasteiger partial charge on any atom is -0.296 e. The zero-order valence-electron chi connectivity index (χ0n) is 16.4. The first-order valence-corrected chi connectivity index (χ1v) is 10.0. The van der Waals surface area contributed by atoms with E-state index in [4.69, 9.17) is 4.98 Å². The van der Waals surface area contributed by atoms with Crippen molar-refractivity contribution in [2.75, 3.05) is 5.32 Å². The molecule has 1 amide bonds. The number of pyridine rings is 1. The summed E-state index contributed by atoms with van der Waals surface area (Å²) >= 11 is 0.642. The van der Waals surface area contributed by atoms with Gasteiger partial charge < -0.3 is 0 Å². The van der Waals surface area contributed by atoms with Crippen molar-refractivity contribution in [2.24, 2.45) is 0 Å². The molecule has 0 unspecified atom stereocenters. The van der Waals surface area contributed by atoms with Gasteiger partial charge in [0.05, 0.1) is 22.8 Å². The highest BCUT2D eigenvalue weighted by atomic mass is 32.1. The number of anilines is 1. The van der Waals surface area contributed by atoms with Gasteiger partial charge >= 0.3 is 0 Å². The molecule has 0 saturated heterocycles. The maximum absolute atomic E-state index is 13.0. The minimum absolute atomic E-state index is 0.00829. The summed E-state index contributed by atoms with van der Waals surface area (Å²) in [5, 5.41) is 14.1. The van der Waals surface area contributed by atoms with Crippen LogP contribution < -0.4 is 5.32 Å². The molecule has 4 aromatic rings. The van der Waals surface area contributed by atoms with Gasteiger partial charge in [0.25, 0.3) is 12.3 Å². The van der Waals surface area contributed by atoms with Crippen molar-refractivity contribution < 1.29 is 13.6 Å². The summed E-state index contributed by atoms with van der Waals surface area (Å²) in [5.41, 5.74) is 3.43. The number of carbonyl (C=O) groups is 1. The Hall–Kier alpha value is -3.27. The highest BCUT2D eigenvalue weighted by molar-refractivity contribution is 7.15. The normalized spacial score (nSPS) is 11.6. The molecule has 0 spiro atoms. The molecule has 0 bridgehead atoms. The average molecular weight is 428 g/mol. The number of aryl methyl sites for hydroxylation is 1. The molecular formula is C20H18F2N6OS. The van der Waals surface area contributed by atoms with Crippen molar-refractivity contribution in [2.45, 2.75) is 33.2 Å². The summed E-state index contributed by atoms with van der Waals surface area (Å²) < 4.78 is 27.3. The lowest BCUT2D eigenvalue weighted by atomic mass is 10.0. The summed E-state index contributed by atoms with van der Waals surface area (Å²) in [5.74, 6) is -0.488. The van der Waals surface area contributed by atoms with E-state index in [9.17, 15) is 13.6 Å². The quantitative estimate of drug-likeness (QED) is 0.482. The number of hydrogen-bond acceptors (Lipinski definition) is 6. The van der Waals surface area contributed by atoms with E-state index in [0.717, 1.165) is 11.1 Å². The molecule has 4 rings (SSSR count). The Kier molecular flexibility index (Phi) is 5.25. The van der Waals surface area contributed by atoms with Crippen LogP contribution in [0.25, 0.3) is 22.3 Å². The second-order valence-electron chi connectivity index (χ2n) is 6.99. The van der Waals surface area contributed by atoms with E-state index in [1.807, 2.05) is 45.0 Å². The molecule has 0 aliphatic heterocycles. The number of halogens is 2. The van der Waals surface area contributed by atoms with Crippen molar-refractivity contribution in [3.05, 3.63) is 52.7 Å². The first-order chi connectivity index (χ1) is 14.3. The molecule has 0 aliphatic carbocycles. The number of nitrogens with one attached hydrogen (secondary N) is 1. The molecule has 0 saturated carbocycles. The first kappa shape index (κ1) is 20.0. The fraction of sp³-hybridized carbons (Fsp3) is 0.250. The van der Waals surface area contributed by atoms with Gasteiger partial charge in [0.2, 0.25) is 5.13 Å². The number of aromatic nitrogens is 5. The highest BCUT2D eigenvalue weighted by Crippen LogP contribution is 2.30. The summed E-state index contributed by atoms with van der Waals surface area (Å²) in [4.78, 5) is 17.8. The monoisotopic (exact) mass is 428 g/mol. The Morgan fingerprint density at radius 1 is 1.20 bits per heavy atom. The second kappa shape index (κ2) is 7.86. The standard InChI is InChI=1S/C20H18F2N6OS/c1-10(2)28-17-14(9-23-28)13(8-15(24-17)12-7-5-4-6-11(12)3)18(29)25-20-27-26-19(30-20)16(21)22/h4-10,16H,1-3H3,(H,25,27,29). The molecule has 0 aliphatic rings. The third-order valence-corrected chi connectivity index (χ3v) is 5.42. The van der Waals surface area contributed by atoms with E-state index in [2.05, 4.69) is 20.6 Å². The van der Waals surface area contributed by atoms with Crippen LogP contribution in [-0.2, 0) is 0 Å². The number of fused-ring (bicyclic) bond motifs is 1. The summed E-state index contributed by atoms with van der Waals surface area (Å²) in [6, 6.07) is 9.45. The van der Waals surface area contributed by atoms with Crippen LogP contribution in [-0.4, -0.2) is 30.9 Å². The minimum atomic E-state index is -2.74. The summed E-state index contributed by atoms with van der Waals surface area (Å²) in [7, 11) is 0. The number of benzene rings is 1. The molecule has 1 aromatic carbocycles. The largest absolute Gasteiger partial charge is 0.296 e. The van der Waals surface area contributed by atoms with Crippen LogP contribution in [0.2, 0.25) is 0 Å². The number of hydrogen-bond donors (Lipinski definition) is 1. The molecule has 0 fully saturated rings. The van der Waals surface area contributed by atoms with E-state index in [1.165, 1.54) is 0 Å². The van der Waals surface area contributed by atoms with Gasteiger partial charge in [0.15, 0.2) is 10.7 Å². The number of amides is 1. The average Bonchev–Trinajstić information content (AvgIpc) is 3.34. The van der Waals surface area contributed by atoms with E-state index < -0.39 is 17.3 Å². The molecule has 30 heavy (non-hydrogen) atoms. The van der Waals surface area contributed by atoms with Crippen LogP contribution in [0.5, 0.6) is 0 Å². The maximum atomic E-state index is 13.0. The van der Waals surface area contributed by atoms with Crippen LogP contribution in [0.15, 0.2) is 36.5 Å². The third-order valence-electron chi connectivity index (χ3n) is 4.57. The molecule has 1 N–H and O–H groups in total. The lowest BCUT2D eigenvalue weighted by molar-refractivity contribution is 0.102. The third kappa shape index (κ3) is 3.65. The number of carbonyl (C=O) groups excluding carboxylic acids is 1. The highest BCUT2D eigenvalue weighted by Gasteiger charge is 2.21. The molecule has 10 heteroatoms. The maximum Gasteiger partial charge on any atom is 0.291 e. The SMILES string of the molecule is Cc1ccccc1-c1cc(C(=O)Nc2nnc(C(F)F)s2)c2cnn(C(C)C)c2n1. The van der Waals surface area contributed by atoms with E-state index in [0.29, 0.717) is 33.6 Å². The predicted octanol–water partition coefficient (Wildman–Crippen LogP) is 5.03. The van der Waals surface area contributed by atoms with E-state index in [1.54, 1.807) is 16.9 Å². The van der Waals surface area contributed by atoms with Gasteiger partial charge in [-0.15, -0.1) is 10.2 Å². The Morgan fingerprint density at radius 2 is 1.97 bits per heavy atom. The molecule has 154 valence electrons. The molecule has 0 atom stereocenters. The van der Waals surface area contributed by atoms with Gasteiger partial charge in [-0.05, 0) is 32.4 Å². The van der Waals surface area contributed by atoms with Crippen LogP contribution in [0, 0.1) is 6.92 Å². The van der Waals surface area contributed by atoms with Crippen LogP contribution in [0.1, 0.15) is 47.2 Å². The molecule has 7 nitrogen and oxygen atoms in total. The van der Waals surface area contributed by atoms with Crippen molar-refractivity contribution in [1.29, 1.82) is 0 Å². The summed E-state index contributed by atoms with van der Waals surface area (Å²) in [6.45, 7) is 5.91. The van der Waals surface area contributed by atoms with E-state index >= 15 is 0 Å². The topological polar surface area (TPSA) is 85.6 Å². The smallest absolute Gasteiger partial charge is 0.291 e. The zero-order valence-corrected chi connectivity index (χ0v) is 17.2. The lowest BCUT2D eigenvalue weighted by Gasteiger charge is -2.11. The van der Waals surface area contributed by atoms with Crippen molar-refractivity contribution in [3.63, 3.8) is 0 Å². The molecular weight excluding hydrogens is 410 g/mol. The zero-order chi connectivity index (χ0) is 21.4. The predicted molar refractivity (Wildman–Crippen MR) is 111 cm³/mol. The van der Waals surface area contributed by atoms with Gasteiger partial charge in [0, 0.05) is 11.6 Å². The summed E-state index contributed by atoms with van der Waals surface area (Å²) in [6.07, 6.45) is -1.15. The number of rotatable bonds is 5. The van der Waals surface area contributed by atoms with Gasteiger partial charge in [-0.2, -0.15) is 5.10 Å². The van der Waals surface area contributed by atoms with E-state index in [-0.39, 0.29) is 11.2 Å². The first-order valence-electron chi connectivity index (χ1n) is 9.22. The van der Waals surface area contributed by atoms with Crippen LogP contribution in [0.4, 0.5) is 13.9 Å². The number of alkyl halides is 2. The van der Waals surface area contributed by atoms with Gasteiger partial charge in [-0.3, -0.25) is 10.1 Å². The Bertz CT molecular complexity index is 1230. The van der Waals surface area contributed by atoms with Crippen molar-refractivity contribution >= 4 is 33.4 Å². The molecule has 3 heterocycles. The van der Waals surface area contributed by atoms with Gasteiger partial charge in [-0.25, -0.2) is 18.4 Å². The second-order valence-corrected chi connectivity index (χ2v) is 8.00. The van der Waals surface area contributed by atoms with Crippen LogP contribution in [0.3, 0.4) is 0 Å². The Labute approximate surface area is 174 Å². The van der Waals surface area contributed by atoms with Crippen molar-refractivity contribution in [1.82, 2.24) is 25.0 Å². The van der Waals surface area contributed by atoms with Crippen molar-refractivity contribution in [3.8, 4) is 11.3 Å². The molecule has 3 aromatic heterocycles. The van der Waals surface area contributed by atoms with Gasteiger partial charge in [-0.1, -0.05) is 35.6 Å².